The Morgan fingerprint density at radius 1 is 1.00 bits per heavy atom. The summed E-state index contributed by atoms with van der Waals surface area (Å²) < 4.78 is 71.6. The summed E-state index contributed by atoms with van der Waals surface area (Å²) in [6.07, 6.45) is -6.36. The lowest BCUT2D eigenvalue weighted by atomic mass is 10.1. The number of nitrogens with one attached hydrogen (secondary N) is 2. The number of carbonyl (C=O) groups excluding carboxylic acids is 2. The van der Waals surface area contributed by atoms with Crippen LogP contribution in [-0.2, 0) is 21.3 Å². The monoisotopic (exact) mass is 559 g/mol. The van der Waals surface area contributed by atoms with Gasteiger partial charge in [-0.3, -0.25) is 10.1 Å². The second-order valence-corrected chi connectivity index (χ2v) is 10.5. The molecule has 0 aliphatic heterocycles. The number of rotatable bonds is 7. The second-order valence-electron chi connectivity index (χ2n) is 8.83. The molecule has 2 amide bonds. The van der Waals surface area contributed by atoms with Crippen LogP contribution in [0.4, 0.5) is 23.7 Å². The van der Waals surface area contributed by atoms with E-state index in [9.17, 15) is 31.2 Å². The van der Waals surface area contributed by atoms with Crippen molar-refractivity contribution in [2.24, 2.45) is 0 Å². The number of sulfonamides is 1. The Hall–Kier alpha value is -4.32. The summed E-state index contributed by atoms with van der Waals surface area (Å²) in [5, 5.41) is 2.98. The van der Waals surface area contributed by atoms with Crippen molar-refractivity contribution in [3.63, 3.8) is 0 Å². The third-order valence-corrected chi connectivity index (χ3v) is 7.41. The first-order valence-corrected chi connectivity index (χ1v) is 13.2. The molecule has 204 valence electrons. The fourth-order valence-electron chi connectivity index (χ4n) is 3.89. The molecule has 0 fully saturated rings. The Kier molecular flexibility index (Phi) is 7.68. The maximum Gasteiger partial charge on any atom is 0.425 e. The van der Waals surface area contributed by atoms with Gasteiger partial charge in [0.05, 0.1) is 4.90 Å². The predicted molar refractivity (Wildman–Crippen MR) is 139 cm³/mol. The Balaban J connectivity index is 1.46. The van der Waals surface area contributed by atoms with Crippen molar-refractivity contribution < 1.29 is 35.9 Å². The van der Waals surface area contributed by atoms with E-state index < -0.39 is 34.3 Å². The Labute approximate surface area is 222 Å². The average molecular weight is 560 g/mol. The summed E-state index contributed by atoms with van der Waals surface area (Å²) in [5.41, 5.74) is 2.43. The molecule has 0 bridgehead atoms. The quantitative estimate of drug-likeness (QED) is 0.306. The number of halogens is 3. The summed E-state index contributed by atoms with van der Waals surface area (Å²) in [6, 6.07) is 19.4. The summed E-state index contributed by atoms with van der Waals surface area (Å²) in [4.78, 5) is 24.6. The highest BCUT2D eigenvalue weighted by Crippen LogP contribution is 2.24. The number of ether oxygens (including phenoxy) is 1. The maximum absolute atomic E-state index is 12.7. The van der Waals surface area contributed by atoms with Crippen LogP contribution in [0.3, 0.4) is 0 Å². The van der Waals surface area contributed by atoms with Gasteiger partial charge in [-0.05, 0) is 67.4 Å². The first-order valence-electron chi connectivity index (χ1n) is 11.7. The van der Waals surface area contributed by atoms with Gasteiger partial charge in [0.15, 0.2) is 6.10 Å². The zero-order chi connectivity index (χ0) is 28.4. The molecule has 1 unspecified atom stereocenters. The van der Waals surface area contributed by atoms with Crippen molar-refractivity contribution in [3.05, 3.63) is 95.7 Å². The largest absolute Gasteiger partial charge is 0.437 e. The number of amides is 2. The number of nitrogens with zero attached hydrogens (tertiary/aromatic N) is 1. The van der Waals surface area contributed by atoms with E-state index in [1.54, 1.807) is 67.7 Å². The molecule has 0 saturated carbocycles. The fraction of sp³-hybridized carbons (Fsp3) is 0.185. The molecular formula is C27H24F3N3O5S. The van der Waals surface area contributed by atoms with Gasteiger partial charge in [0, 0.05) is 34.9 Å². The Morgan fingerprint density at radius 2 is 1.74 bits per heavy atom. The van der Waals surface area contributed by atoms with E-state index in [0.29, 0.717) is 17.5 Å². The van der Waals surface area contributed by atoms with Crippen LogP contribution < -0.4 is 10.0 Å². The standard InChI is InChI=1S/C27H24F3N3O5S/c1-17-6-3-4-9-24(17)39(36,37)32-25(34)21-10-11-23-20(15-21)12-13-33(23)16-19-7-5-8-22(14-19)31-26(35)38-18(2)27(28,29)30/h3-15,18H,16H2,1-2H3,(H,31,35)(H,32,34). The van der Waals surface area contributed by atoms with Crippen LogP contribution in [0.15, 0.2) is 83.9 Å². The number of alkyl halides is 3. The zero-order valence-electron chi connectivity index (χ0n) is 20.8. The minimum atomic E-state index is -4.66. The first kappa shape index (κ1) is 27.7. The Morgan fingerprint density at radius 3 is 2.46 bits per heavy atom. The molecule has 1 heterocycles. The summed E-state index contributed by atoms with van der Waals surface area (Å²) in [7, 11) is -4.05. The highest BCUT2D eigenvalue weighted by atomic mass is 32.2. The third-order valence-electron chi connectivity index (χ3n) is 5.91. The SMILES string of the molecule is Cc1ccccc1S(=O)(=O)NC(=O)c1ccc2c(ccn2Cc2cccc(NC(=O)OC(C)C(F)(F)F)c2)c1. The molecule has 0 aliphatic carbocycles. The molecule has 0 saturated heterocycles. The van der Waals surface area contributed by atoms with E-state index in [4.69, 9.17) is 0 Å². The number of aryl methyl sites for hydroxylation is 1. The molecule has 0 spiro atoms. The highest BCUT2D eigenvalue weighted by Gasteiger charge is 2.39. The van der Waals surface area contributed by atoms with Crippen LogP contribution in [0.5, 0.6) is 0 Å². The van der Waals surface area contributed by atoms with Crippen LogP contribution in [0.25, 0.3) is 10.9 Å². The van der Waals surface area contributed by atoms with E-state index in [1.165, 1.54) is 18.2 Å². The van der Waals surface area contributed by atoms with Gasteiger partial charge in [-0.15, -0.1) is 0 Å². The van der Waals surface area contributed by atoms with Gasteiger partial charge in [-0.25, -0.2) is 17.9 Å². The van der Waals surface area contributed by atoms with Gasteiger partial charge in [0.25, 0.3) is 15.9 Å². The van der Waals surface area contributed by atoms with Crippen molar-refractivity contribution in [2.45, 2.75) is 37.6 Å². The summed E-state index contributed by atoms with van der Waals surface area (Å²) >= 11 is 0. The topological polar surface area (TPSA) is 107 Å². The summed E-state index contributed by atoms with van der Waals surface area (Å²) in [5.74, 6) is -0.765. The molecule has 1 atom stereocenters. The van der Waals surface area contributed by atoms with Crippen molar-refractivity contribution in [3.8, 4) is 0 Å². The van der Waals surface area contributed by atoms with Crippen molar-refractivity contribution in [1.29, 1.82) is 0 Å². The van der Waals surface area contributed by atoms with E-state index >= 15 is 0 Å². The molecule has 12 heteroatoms. The molecule has 8 nitrogen and oxygen atoms in total. The van der Waals surface area contributed by atoms with Crippen LogP contribution >= 0.6 is 0 Å². The maximum atomic E-state index is 12.7. The summed E-state index contributed by atoms with van der Waals surface area (Å²) in [6.45, 7) is 2.73. The van der Waals surface area contributed by atoms with Gasteiger partial charge in [0.2, 0.25) is 0 Å². The van der Waals surface area contributed by atoms with E-state index in [2.05, 4.69) is 14.8 Å². The molecular weight excluding hydrogens is 535 g/mol. The van der Waals surface area contributed by atoms with Gasteiger partial charge in [-0.1, -0.05) is 30.3 Å². The zero-order valence-corrected chi connectivity index (χ0v) is 21.6. The highest BCUT2D eigenvalue weighted by molar-refractivity contribution is 7.90. The van der Waals surface area contributed by atoms with E-state index in [-0.39, 0.29) is 16.1 Å². The average Bonchev–Trinajstić information content (AvgIpc) is 3.25. The molecule has 39 heavy (non-hydrogen) atoms. The van der Waals surface area contributed by atoms with Crippen molar-refractivity contribution >= 4 is 38.6 Å². The van der Waals surface area contributed by atoms with Crippen LogP contribution in [-0.4, -0.2) is 37.3 Å². The first-order chi connectivity index (χ1) is 18.3. The Bertz CT molecular complexity index is 1650. The number of anilines is 1. The number of fused-ring (bicyclic) bond motifs is 1. The molecule has 1 aromatic heterocycles. The fourth-order valence-corrected chi connectivity index (χ4v) is 5.11. The molecule has 4 aromatic rings. The van der Waals surface area contributed by atoms with Crippen LogP contribution in [0.2, 0.25) is 0 Å². The van der Waals surface area contributed by atoms with E-state index in [0.717, 1.165) is 18.0 Å². The third kappa shape index (κ3) is 6.58. The molecule has 4 rings (SSSR count). The molecule has 0 aliphatic rings. The van der Waals surface area contributed by atoms with Gasteiger partial charge in [0.1, 0.15) is 0 Å². The molecule has 3 aromatic carbocycles. The minimum Gasteiger partial charge on any atom is -0.437 e. The van der Waals surface area contributed by atoms with Crippen LogP contribution in [0, 0.1) is 6.92 Å². The van der Waals surface area contributed by atoms with Gasteiger partial charge < -0.3 is 9.30 Å². The number of hydrogen-bond donors (Lipinski definition) is 2. The minimum absolute atomic E-state index is 0.0189. The van der Waals surface area contributed by atoms with Crippen molar-refractivity contribution in [1.82, 2.24) is 9.29 Å². The van der Waals surface area contributed by atoms with Crippen LogP contribution in [0.1, 0.15) is 28.4 Å². The lowest BCUT2D eigenvalue weighted by molar-refractivity contribution is -0.196. The van der Waals surface area contributed by atoms with E-state index in [1.807, 2.05) is 4.57 Å². The lowest BCUT2D eigenvalue weighted by Gasteiger charge is -2.16. The van der Waals surface area contributed by atoms with Gasteiger partial charge in [-0.2, -0.15) is 13.2 Å². The molecule has 2 N–H and O–H groups in total. The lowest BCUT2D eigenvalue weighted by Crippen LogP contribution is -2.32. The number of hydrogen-bond acceptors (Lipinski definition) is 5. The number of aromatic nitrogens is 1. The number of benzene rings is 3. The normalized spacial score (nSPS) is 12.6. The number of carbonyl (C=O) groups is 2. The molecule has 0 radical (unpaired) electrons. The second kappa shape index (κ2) is 10.8. The van der Waals surface area contributed by atoms with Crippen molar-refractivity contribution in [2.75, 3.05) is 5.32 Å². The predicted octanol–water partition coefficient (Wildman–Crippen LogP) is 5.62. The van der Waals surface area contributed by atoms with Gasteiger partial charge >= 0.3 is 12.3 Å². The smallest absolute Gasteiger partial charge is 0.425 e.